The Morgan fingerprint density at radius 2 is 1.77 bits per heavy atom. The number of hydrogen-bond donors (Lipinski definition) is 1. The molecule has 0 unspecified atom stereocenters. The molecule has 0 heterocycles. The molecule has 0 spiro atoms. The Bertz CT molecular complexity index is 1040. The van der Waals surface area contributed by atoms with E-state index in [9.17, 15) is 13.2 Å². The summed E-state index contributed by atoms with van der Waals surface area (Å²) in [6.07, 6.45) is 4.53. The first-order chi connectivity index (χ1) is 14.9. The maximum absolute atomic E-state index is 13.6. The van der Waals surface area contributed by atoms with Crippen LogP contribution in [0.1, 0.15) is 25.7 Å². The molecule has 0 saturated heterocycles. The third kappa shape index (κ3) is 4.35. The lowest BCUT2D eigenvalue weighted by Crippen LogP contribution is -2.46. The van der Waals surface area contributed by atoms with E-state index in [0.29, 0.717) is 29.0 Å². The molecule has 31 heavy (non-hydrogen) atoms. The average Bonchev–Trinajstić information content (AvgIpc) is 3.40. The summed E-state index contributed by atoms with van der Waals surface area (Å²) in [5, 5.41) is 3.09. The Morgan fingerprint density at radius 1 is 1.03 bits per heavy atom. The smallest absolute Gasteiger partial charge is 0.264 e. The molecule has 1 N–H and O–H groups in total. The molecule has 2 fully saturated rings. The second-order valence-electron chi connectivity index (χ2n) is 8.21. The van der Waals surface area contributed by atoms with Crippen molar-refractivity contribution in [1.82, 2.24) is 5.32 Å². The minimum absolute atomic E-state index is 0.0294. The normalized spacial score (nSPS) is 22.2. The number of benzene rings is 2. The van der Waals surface area contributed by atoms with Gasteiger partial charge in [0, 0.05) is 12.1 Å². The van der Waals surface area contributed by atoms with Gasteiger partial charge in [-0.15, -0.1) is 0 Å². The van der Waals surface area contributed by atoms with Crippen LogP contribution in [-0.2, 0) is 14.8 Å². The Kier molecular flexibility index (Phi) is 6.09. The maximum atomic E-state index is 13.6. The maximum Gasteiger partial charge on any atom is 0.264 e. The lowest BCUT2D eigenvalue weighted by Gasteiger charge is -2.27. The zero-order valence-corrected chi connectivity index (χ0v) is 18.6. The van der Waals surface area contributed by atoms with Crippen molar-refractivity contribution in [2.75, 3.05) is 25.1 Å². The number of ether oxygens (including phenoxy) is 2. The highest BCUT2D eigenvalue weighted by Crippen LogP contribution is 2.44. The van der Waals surface area contributed by atoms with Gasteiger partial charge in [0.05, 0.1) is 24.8 Å². The van der Waals surface area contributed by atoms with Gasteiger partial charge in [-0.2, -0.15) is 0 Å². The van der Waals surface area contributed by atoms with E-state index in [1.54, 1.807) is 36.4 Å². The summed E-state index contributed by atoms with van der Waals surface area (Å²) < 4.78 is 38.7. The van der Waals surface area contributed by atoms with Crippen molar-refractivity contribution in [2.45, 2.75) is 36.6 Å². The third-order valence-electron chi connectivity index (χ3n) is 6.36. The van der Waals surface area contributed by atoms with Gasteiger partial charge in [-0.1, -0.05) is 24.6 Å². The predicted octanol–water partition coefficient (Wildman–Crippen LogP) is 3.20. The molecule has 2 aliphatic rings. The fourth-order valence-electron chi connectivity index (χ4n) is 4.82. The van der Waals surface area contributed by atoms with E-state index in [0.717, 1.165) is 23.6 Å². The van der Waals surface area contributed by atoms with E-state index in [-0.39, 0.29) is 23.4 Å². The van der Waals surface area contributed by atoms with Crippen LogP contribution in [0.3, 0.4) is 0 Å². The molecule has 2 aromatic rings. The summed E-state index contributed by atoms with van der Waals surface area (Å²) in [6.45, 7) is -0.283. The molecule has 0 aliphatic heterocycles. The largest absolute Gasteiger partial charge is 0.493 e. The van der Waals surface area contributed by atoms with Gasteiger partial charge >= 0.3 is 0 Å². The van der Waals surface area contributed by atoms with Crippen molar-refractivity contribution < 1.29 is 22.7 Å². The number of anilines is 1. The Hall–Kier alpha value is -2.74. The van der Waals surface area contributed by atoms with Gasteiger partial charge in [0.2, 0.25) is 5.91 Å². The first-order valence-electron chi connectivity index (χ1n) is 10.5. The van der Waals surface area contributed by atoms with Gasteiger partial charge in [0.1, 0.15) is 6.54 Å². The number of rotatable bonds is 8. The Balaban J connectivity index is 1.61. The van der Waals surface area contributed by atoms with Crippen LogP contribution in [0.2, 0.25) is 0 Å². The molecule has 3 atom stereocenters. The molecule has 0 aromatic heterocycles. The van der Waals surface area contributed by atoms with Gasteiger partial charge in [-0.05, 0) is 55.4 Å². The molecular weight excluding hydrogens is 416 g/mol. The third-order valence-corrected chi connectivity index (χ3v) is 8.13. The molecule has 8 heteroatoms. The number of nitrogens with one attached hydrogen (secondary N) is 1. The molecule has 7 nitrogen and oxygen atoms in total. The Labute approximate surface area is 183 Å². The zero-order valence-electron chi connectivity index (χ0n) is 17.8. The highest BCUT2D eigenvalue weighted by molar-refractivity contribution is 7.92. The molecule has 2 bridgehead atoms. The topological polar surface area (TPSA) is 84.9 Å². The van der Waals surface area contributed by atoms with E-state index in [1.807, 2.05) is 0 Å². The average molecular weight is 445 g/mol. The number of amides is 1. The van der Waals surface area contributed by atoms with Crippen LogP contribution < -0.4 is 19.1 Å². The van der Waals surface area contributed by atoms with Crippen LogP contribution in [0.15, 0.2) is 53.4 Å². The van der Waals surface area contributed by atoms with Gasteiger partial charge in [0.15, 0.2) is 11.5 Å². The number of sulfonamides is 1. The monoisotopic (exact) mass is 444 g/mol. The van der Waals surface area contributed by atoms with E-state index >= 15 is 0 Å². The lowest BCUT2D eigenvalue weighted by molar-refractivity contribution is -0.120. The summed E-state index contributed by atoms with van der Waals surface area (Å²) >= 11 is 0. The first-order valence-corrected chi connectivity index (χ1v) is 12.0. The second kappa shape index (κ2) is 8.78. The number of para-hydroxylation sites is 1. The number of nitrogens with zero attached hydrogens (tertiary/aromatic N) is 1. The van der Waals surface area contributed by atoms with Crippen molar-refractivity contribution in [3.63, 3.8) is 0 Å². The summed E-state index contributed by atoms with van der Waals surface area (Å²) in [5.41, 5.74) is 0.431. The van der Waals surface area contributed by atoms with Gasteiger partial charge in [0.25, 0.3) is 10.0 Å². The molecular formula is C23H28N2O5S. The summed E-state index contributed by atoms with van der Waals surface area (Å²) in [7, 11) is -1.07. The molecule has 1 amide bonds. The van der Waals surface area contributed by atoms with Crippen LogP contribution in [-0.4, -0.2) is 41.1 Å². The highest BCUT2D eigenvalue weighted by Gasteiger charge is 2.40. The molecule has 2 aliphatic carbocycles. The predicted molar refractivity (Wildman–Crippen MR) is 118 cm³/mol. The van der Waals surface area contributed by atoms with E-state index in [1.165, 1.54) is 32.8 Å². The van der Waals surface area contributed by atoms with Gasteiger partial charge in [-0.25, -0.2) is 8.42 Å². The lowest BCUT2D eigenvalue weighted by atomic mass is 9.95. The van der Waals surface area contributed by atoms with E-state index in [2.05, 4.69) is 5.32 Å². The quantitative estimate of drug-likeness (QED) is 0.676. The van der Waals surface area contributed by atoms with Gasteiger partial charge < -0.3 is 14.8 Å². The minimum Gasteiger partial charge on any atom is -0.493 e. The fourth-order valence-corrected chi connectivity index (χ4v) is 6.25. The van der Waals surface area contributed by atoms with Crippen LogP contribution >= 0.6 is 0 Å². The molecule has 166 valence electrons. The SMILES string of the molecule is COc1ccc(S(=O)(=O)N(CC(=O)N[C@@H]2C[C@@H]3CC[C@H]2C3)c2ccccc2)cc1OC. The minimum atomic E-state index is -4.01. The summed E-state index contributed by atoms with van der Waals surface area (Å²) in [6, 6.07) is 13.2. The van der Waals surface area contributed by atoms with Crippen LogP contribution in [0.4, 0.5) is 5.69 Å². The molecule has 2 aromatic carbocycles. The molecule has 2 saturated carbocycles. The van der Waals surface area contributed by atoms with E-state index in [4.69, 9.17) is 9.47 Å². The van der Waals surface area contributed by atoms with Crippen molar-refractivity contribution >= 4 is 21.6 Å². The second-order valence-corrected chi connectivity index (χ2v) is 10.1. The van der Waals surface area contributed by atoms with E-state index < -0.39 is 10.0 Å². The summed E-state index contributed by atoms with van der Waals surface area (Å²) in [5.74, 6) is 1.66. The highest BCUT2D eigenvalue weighted by atomic mass is 32.2. The van der Waals surface area contributed by atoms with Crippen LogP contribution in [0, 0.1) is 11.8 Å². The van der Waals surface area contributed by atoms with Crippen LogP contribution in [0.25, 0.3) is 0 Å². The van der Waals surface area contributed by atoms with Gasteiger partial charge in [-0.3, -0.25) is 9.10 Å². The number of carbonyl (C=O) groups excluding carboxylic acids is 1. The Morgan fingerprint density at radius 3 is 2.39 bits per heavy atom. The number of carbonyl (C=O) groups is 1. The fraction of sp³-hybridized carbons (Fsp3) is 0.435. The first kappa shape index (κ1) is 21.5. The molecule has 0 radical (unpaired) electrons. The number of methoxy groups -OCH3 is 2. The van der Waals surface area contributed by atoms with Crippen LogP contribution in [0.5, 0.6) is 11.5 Å². The summed E-state index contributed by atoms with van der Waals surface area (Å²) in [4.78, 5) is 12.9. The van der Waals surface area contributed by atoms with Crippen molar-refractivity contribution in [2.24, 2.45) is 11.8 Å². The van der Waals surface area contributed by atoms with Crippen molar-refractivity contribution in [3.8, 4) is 11.5 Å². The zero-order chi connectivity index (χ0) is 22.0. The number of fused-ring (bicyclic) bond motifs is 2. The van der Waals surface area contributed by atoms with Crippen molar-refractivity contribution in [3.05, 3.63) is 48.5 Å². The van der Waals surface area contributed by atoms with Crippen molar-refractivity contribution in [1.29, 1.82) is 0 Å². The number of hydrogen-bond acceptors (Lipinski definition) is 5. The molecule has 4 rings (SSSR count). The standard InChI is InChI=1S/C23H28N2O5S/c1-29-21-11-10-19(14-22(21)30-2)31(27,28)25(18-6-4-3-5-7-18)15-23(26)24-20-13-16-8-9-17(20)12-16/h3-7,10-11,14,16-17,20H,8-9,12-13,15H2,1-2H3,(H,24,26)/t16-,17+,20-/m1/s1.